The molecule has 1 aliphatic carbocycles. The van der Waals surface area contributed by atoms with Crippen molar-refractivity contribution in [1.82, 2.24) is 9.88 Å². The summed E-state index contributed by atoms with van der Waals surface area (Å²) < 4.78 is 29.7. The molecule has 1 saturated heterocycles. The summed E-state index contributed by atoms with van der Waals surface area (Å²) in [7, 11) is 0. The Morgan fingerprint density at radius 3 is 3.08 bits per heavy atom. The van der Waals surface area contributed by atoms with Crippen molar-refractivity contribution in [2.24, 2.45) is 5.92 Å². The third-order valence-corrected chi connectivity index (χ3v) is 5.06. The molecule has 2 atom stereocenters. The minimum Gasteiger partial charge on any atom is -0.471 e. The van der Waals surface area contributed by atoms with Gasteiger partial charge in [0.25, 0.3) is 12.3 Å². The van der Waals surface area contributed by atoms with Crippen LogP contribution in [0.3, 0.4) is 0 Å². The molecule has 2 fully saturated rings. The number of carbonyl (C=O) groups is 1. The second-order valence-electron chi connectivity index (χ2n) is 6.61. The number of carbonyl (C=O) groups excluding carboxylic acids is 1. The molecule has 3 rings (SSSR count). The van der Waals surface area contributed by atoms with Crippen LogP contribution in [-0.2, 0) is 0 Å². The van der Waals surface area contributed by atoms with E-state index in [1.165, 1.54) is 12.3 Å². The fraction of sp³-hybridized carbons (Fsp3) is 0.647. The van der Waals surface area contributed by atoms with Gasteiger partial charge in [-0.15, -0.1) is 0 Å². The number of amides is 1. The first-order valence-electron chi connectivity index (χ1n) is 8.37. The SMILES string of the molecule is O=C(c1cccnc1OCC(F)F)N1CCC2(O)CCCCC2C1. The monoisotopic (exact) mass is 340 g/mol. The van der Waals surface area contributed by atoms with E-state index in [0.717, 1.165) is 25.7 Å². The average molecular weight is 340 g/mol. The summed E-state index contributed by atoms with van der Waals surface area (Å²) >= 11 is 0. The maximum atomic E-state index is 12.8. The van der Waals surface area contributed by atoms with Crippen molar-refractivity contribution >= 4 is 5.91 Å². The van der Waals surface area contributed by atoms with E-state index in [1.54, 1.807) is 11.0 Å². The van der Waals surface area contributed by atoms with Crippen molar-refractivity contribution in [1.29, 1.82) is 0 Å². The van der Waals surface area contributed by atoms with E-state index in [2.05, 4.69) is 4.98 Å². The smallest absolute Gasteiger partial charge is 0.272 e. The summed E-state index contributed by atoms with van der Waals surface area (Å²) in [6.45, 7) is 0.146. The van der Waals surface area contributed by atoms with Crippen LogP contribution in [0.15, 0.2) is 18.3 Å². The maximum absolute atomic E-state index is 12.8. The minimum atomic E-state index is -2.62. The number of rotatable bonds is 4. The number of halogens is 2. The Morgan fingerprint density at radius 2 is 2.29 bits per heavy atom. The fourth-order valence-corrected chi connectivity index (χ4v) is 3.74. The third kappa shape index (κ3) is 3.50. The summed E-state index contributed by atoms with van der Waals surface area (Å²) in [5.41, 5.74) is -0.474. The molecule has 24 heavy (non-hydrogen) atoms. The Labute approximate surface area is 139 Å². The Balaban J connectivity index is 1.73. The van der Waals surface area contributed by atoms with Gasteiger partial charge in [0.2, 0.25) is 5.88 Å². The van der Waals surface area contributed by atoms with E-state index in [0.29, 0.717) is 19.5 Å². The molecule has 1 aromatic rings. The Morgan fingerprint density at radius 1 is 1.46 bits per heavy atom. The second-order valence-corrected chi connectivity index (χ2v) is 6.61. The predicted molar refractivity (Wildman–Crippen MR) is 83.2 cm³/mol. The molecule has 1 aliphatic heterocycles. The first-order valence-corrected chi connectivity index (χ1v) is 8.37. The molecule has 0 bridgehead atoms. The summed E-state index contributed by atoms with van der Waals surface area (Å²) in [6.07, 6.45) is 3.11. The first-order chi connectivity index (χ1) is 11.5. The lowest BCUT2D eigenvalue weighted by molar-refractivity contribution is -0.0886. The molecule has 1 aromatic heterocycles. The summed E-state index contributed by atoms with van der Waals surface area (Å²) in [6, 6.07) is 3.13. The topological polar surface area (TPSA) is 62.7 Å². The Hall–Kier alpha value is -1.76. The van der Waals surface area contributed by atoms with E-state index < -0.39 is 18.6 Å². The summed E-state index contributed by atoms with van der Waals surface area (Å²) in [5.74, 6) is -0.265. The molecular weight excluding hydrogens is 318 g/mol. The van der Waals surface area contributed by atoms with Crippen LogP contribution in [0.2, 0.25) is 0 Å². The van der Waals surface area contributed by atoms with Crippen LogP contribution in [0.25, 0.3) is 0 Å². The number of ether oxygens (including phenoxy) is 1. The summed E-state index contributed by atoms with van der Waals surface area (Å²) in [5, 5.41) is 10.7. The number of alkyl halides is 2. The van der Waals surface area contributed by atoms with Crippen molar-refractivity contribution < 1.29 is 23.4 Å². The molecule has 2 unspecified atom stereocenters. The number of pyridine rings is 1. The number of hydrogen-bond acceptors (Lipinski definition) is 4. The highest BCUT2D eigenvalue weighted by molar-refractivity contribution is 5.96. The van der Waals surface area contributed by atoms with Crippen LogP contribution < -0.4 is 4.74 Å². The molecule has 132 valence electrons. The zero-order valence-corrected chi connectivity index (χ0v) is 13.5. The molecular formula is C17H22F2N2O3. The lowest BCUT2D eigenvalue weighted by Gasteiger charge is -2.47. The zero-order valence-electron chi connectivity index (χ0n) is 13.5. The first kappa shape index (κ1) is 17.1. The molecule has 7 heteroatoms. The fourth-order valence-electron chi connectivity index (χ4n) is 3.74. The van der Waals surface area contributed by atoms with E-state index in [1.807, 2.05) is 0 Å². The lowest BCUT2D eigenvalue weighted by Crippen LogP contribution is -2.54. The van der Waals surface area contributed by atoms with Gasteiger partial charge in [-0.05, 0) is 31.4 Å². The molecule has 1 saturated carbocycles. The van der Waals surface area contributed by atoms with Crippen LogP contribution in [0.5, 0.6) is 5.88 Å². The average Bonchev–Trinajstić information content (AvgIpc) is 2.58. The largest absolute Gasteiger partial charge is 0.471 e. The van der Waals surface area contributed by atoms with Crippen molar-refractivity contribution in [2.45, 2.75) is 44.1 Å². The third-order valence-electron chi connectivity index (χ3n) is 5.06. The quantitative estimate of drug-likeness (QED) is 0.915. The van der Waals surface area contributed by atoms with Gasteiger partial charge in [0.05, 0.1) is 5.60 Å². The van der Waals surface area contributed by atoms with Gasteiger partial charge in [0, 0.05) is 25.2 Å². The maximum Gasteiger partial charge on any atom is 0.272 e. The van der Waals surface area contributed by atoms with Gasteiger partial charge in [-0.3, -0.25) is 4.79 Å². The van der Waals surface area contributed by atoms with Crippen molar-refractivity contribution in [3.63, 3.8) is 0 Å². The Bertz CT molecular complexity index is 599. The highest BCUT2D eigenvalue weighted by Gasteiger charge is 2.44. The number of aliphatic hydroxyl groups is 1. The van der Waals surface area contributed by atoms with Crippen molar-refractivity contribution in [3.05, 3.63) is 23.9 Å². The number of aromatic nitrogens is 1. The normalized spacial score (nSPS) is 27.0. The number of likely N-dealkylation sites (tertiary alicyclic amines) is 1. The molecule has 5 nitrogen and oxygen atoms in total. The second kappa shape index (κ2) is 7.01. The zero-order chi connectivity index (χ0) is 17.2. The van der Waals surface area contributed by atoms with Gasteiger partial charge in [-0.25, -0.2) is 13.8 Å². The highest BCUT2D eigenvalue weighted by Crippen LogP contribution is 2.40. The van der Waals surface area contributed by atoms with E-state index in [-0.39, 0.29) is 23.3 Å². The highest BCUT2D eigenvalue weighted by atomic mass is 19.3. The van der Waals surface area contributed by atoms with Gasteiger partial charge in [-0.1, -0.05) is 12.8 Å². The van der Waals surface area contributed by atoms with Gasteiger partial charge >= 0.3 is 0 Å². The van der Waals surface area contributed by atoms with Crippen LogP contribution in [0.1, 0.15) is 42.5 Å². The standard InChI is InChI=1S/C17H22F2N2O3/c18-14(19)11-24-15-13(5-3-8-20-15)16(22)21-9-7-17(23)6-2-1-4-12(17)10-21/h3,5,8,12,14,23H,1-2,4,6-7,9-11H2. The minimum absolute atomic E-state index is 0.0627. The van der Waals surface area contributed by atoms with Gasteiger partial charge in [0.1, 0.15) is 5.56 Å². The van der Waals surface area contributed by atoms with Gasteiger partial charge < -0.3 is 14.7 Å². The van der Waals surface area contributed by atoms with Crippen molar-refractivity contribution in [3.8, 4) is 5.88 Å². The molecule has 1 amide bonds. The van der Waals surface area contributed by atoms with Crippen molar-refractivity contribution in [2.75, 3.05) is 19.7 Å². The molecule has 0 radical (unpaired) electrons. The number of piperidine rings is 1. The van der Waals surface area contributed by atoms with Crippen LogP contribution in [-0.4, -0.2) is 52.6 Å². The van der Waals surface area contributed by atoms with E-state index in [4.69, 9.17) is 4.74 Å². The Kier molecular flexibility index (Phi) is 4.99. The number of fused-ring (bicyclic) bond motifs is 1. The van der Waals surface area contributed by atoms with E-state index >= 15 is 0 Å². The van der Waals surface area contributed by atoms with Crippen LogP contribution in [0.4, 0.5) is 8.78 Å². The molecule has 2 aliphatic rings. The molecule has 1 N–H and O–H groups in total. The van der Waals surface area contributed by atoms with Crippen LogP contribution in [0, 0.1) is 5.92 Å². The van der Waals surface area contributed by atoms with Gasteiger partial charge in [-0.2, -0.15) is 0 Å². The molecule has 2 heterocycles. The lowest BCUT2D eigenvalue weighted by atomic mass is 9.71. The van der Waals surface area contributed by atoms with Crippen LogP contribution >= 0.6 is 0 Å². The van der Waals surface area contributed by atoms with E-state index in [9.17, 15) is 18.7 Å². The molecule has 0 aromatic carbocycles. The summed E-state index contributed by atoms with van der Waals surface area (Å²) in [4.78, 5) is 18.4. The predicted octanol–water partition coefficient (Wildman–Crippen LogP) is 2.49. The number of nitrogens with zero attached hydrogens (tertiary/aromatic N) is 2. The molecule has 0 spiro atoms. The van der Waals surface area contributed by atoms with Gasteiger partial charge in [0.15, 0.2) is 6.61 Å². The number of hydrogen-bond donors (Lipinski definition) is 1.